The minimum Gasteiger partial charge on any atom is -0.261 e. The predicted molar refractivity (Wildman–Crippen MR) is 90.0 cm³/mol. The summed E-state index contributed by atoms with van der Waals surface area (Å²) in [5.74, 6) is 0.998. The monoisotopic (exact) mass is 285 g/mol. The first-order chi connectivity index (χ1) is 10.9. The Morgan fingerprint density at radius 2 is 1.41 bits per heavy atom. The van der Waals surface area contributed by atoms with E-state index in [1.807, 2.05) is 6.20 Å². The Hall–Kier alpha value is -2.41. The number of hydrogen-bond acceptors (Lipinski definition) is 1. The van der Waals surface area contributed by atoms with Crippen LogP contribution in [-0.4, -0.2) is 4.98 Å². The highest BCUT2D eigenvalue weighted by Crippen LogP contribution is 2.42. The fourth-order valence-electron chi connectivity index (χ4n) is 3.65. The zero-order chi connectivity index (χ0) is 14.8. The molecule has 0 N–H and O–H groups in total. The van der Waals surface area contributed by atoms with Crippen molar-refractivity contribution in [1.82, 2.24) is 4.98 Å². The van der Waals surface area contributed by atoms with Crippen LogP contribution in [0, 0.1) is 0 Å². The van der Waals surface area contributed by atoms with E-state index in [1.165, 1.54) is 22.4 Å². The van der Waals surface area contributed by atoms with E-state index in [2.05, 4.69) is 77.8 Å². The minimum absolute atomic E-state index is 0.448. The molecule has 2 aromatic carbocycles. The van der Waals surface area contributed by atoms with Crippen molar-refractivity contribution < 1.29 is 0 Å². The van der Waals surface area contributed by atoms with Gasteiger partial charge in [0.25, 0.3) is 0 Å². The molecule has 1 aliphatic rings. The second kappa shape index (κ2) is 5.76. The summed E-state index contributed by atoms with van der Waals surface area (Å²) in [5, 5.41) is 0. The summed E-state index contributed by atoms with van der Waals surface area (Å²) in [4.78, 5) is 4.67. The normalized spacial score (nSPS) is 20.4. The van der Waals surface area contributed by atoms with Gasteiger partial charge in [0, 0.05) is 17.8 Å². The summed E-state index contributed by atoms with van der Waals surface area (Å²) in [5.41, 5.74) is 5.49. The third kappa shape index (κ3) is 2.43. The molecule has 0 amide bonds. The van der Waals surface area contributed by atoms with Crippen LogP contribution in [0.2, 0.25) is 0 Å². The molecule has 1 aromatic heterocycles. The molecular formula is C21H19N. The van der Waals surface area contributed by atoms with Gasteiger partial charge in [0.15, 0.2) is 0 Å². The third-order valence-corrected chi connectivity index (χ3v) is 4.73. The lowest BCUT2D eigenvalue weighted by atomic mass is 9.73. The lowest BCUT2D eigenvalue weighted by Gasteiger charge is -2.31. The fraction of sp³-hybridized carbons (Fsp3) is 0.190. The maximum atomic E-state index is 4.67. The number of nitrogens with zero attached hydrogens (tertiary/aromatic N) is 1. The minimum atomic E-state index is 0.448. The maximum absolute atomic E-state index is 4.67. The second-order valence-electron chi connectivity index (χ2n) is 6.05. The zero-order valence-corrected chi connectivity index (χ0v) is 12.5. The van der Waals surface area contributed by atoms with Gasteiger partial charge in [0.05, 0.1) is 0 Å². The van der Waals surface area contributed by atoms with Gasteiger partial charge in [0.2, 0.25) is 0 Å². The highest BCUT2D eigenvalue weighted by Gasteiger charge is 2.29. The smallest absolute Gasteiger partial charge is 0.0447 e. The third-order valence-electron chi connectivity index (χ3n) is 4.73. The molecule has 1 nitrogen and oxygen atoms in total. The van der Waals surface area contributed by atoms with E-state index in [9.17, 15) is 0 Å². The second-order valence-corrected chi connectivity index (χ2v) is 6.05. The highest BCUT2D eigenvalue weighted by molar-refractivity contribution is 5.39. The Bertz CT molecular complexity index is 749. The van der Waals surface area contributed by atoms with E-state index in [1.54, 1.807) is 0 Å². The van der Waals surface area contributed by atoms with E-state index in [0.29, 0.717) is 11.8 Å². The van der Waals surface area contributed by atoms with E-state index < -0.39 is 0 Å². The number of benzene rings is 2. The molecule has 1 heteroatoms. The molecule has 2 atom stereocenters. The van der Waals surface area contributed by atoms with Crippen LogP contribution in [0.1, 0.15) is 40.6 Å². The molecule has 0 aliphatic heterocycles. The molecular weight excluding hydrogens is 266 g/mol. The molecule has 3 aromatic rings. The van der Waals surface area contributed by atoms with E-state index >= 15 is 0 Å². The van der Waals surface area contributed by atoms with Gasteiger partial charge in [-0.3, -0.25) is 4.98 Å². The van der Waals surface area contributed by atoms with Crippen molar-refractivity contribution in [2.75, 3.05) is 0 Å². The molecule has 0 spiro atoms. The van der Waals surface area contributed by atoms with Gasteiger partial charge in [-0.25, -0.2) is 0 Å². The average Bonchev–Trinajstić information content (AvgIpc) is 2.62. The lowest BCUT2D eigenvalue weighted by Crippen LogP contribution is -2.19. The first-order valence-electron chi connectivity index (χ1n) is 7.95. The zero-order valence-electron chi connectivity index (χ0n) is 12.5. The van der Waals surface area contributed by atoms with Crippen molar-refractivity contribution in [3.8, 4) is 0 Å². The van der Waals surface area contributed by atoms with Gasteiger partial charge in [0.1, 0.15) is 0 Å². The molecule has 0 bridgehead atoms. The number of pyridine rings is 1. The molecule has 0 saturated heterocycles. The fourth-order valence-corrected chi connectivity index (χ4v) is 3.65. The van der Waals surface area contributed by atoms with Gasteiger partial charge in [-0.15, -0.1) is 0 Å². The van der Waals surface area contributed by atoms with E-state index in [0.717, 1.165) is 12.8 Å². The molecule has 1 aliphatic carbocycles. The Morgan fingerprint density at radius 1 is 0.727 bits per heavy atom. The van der Waals surface area contributed by atoms with E-state index in [-0.39, 0.29) is 0 Å². The van der Waals surface area contributed by atoms with Crippen molar-refractivity contribution in [2.45, 2.75) is 24.7 Å². The van der Waals surface area contributed by atoms with Crippen molar-refractivity contribution in [3.05, 3.63) is 101 Å². The van der Waals surface area contributed by atoms with Gasteiger partial charge in [-0.2, -0.15) is 0 Å². The summed E-state index contributed by atoms with van der Waals surface area (Å²) < 4.78 is 0. The molecule has 108 valence electrons. The summed E-state index contributed by atoms with van der Waals surface area (Å²) in [6.45, 7) is 0. The number of hydrogen-bond donors (Lipinski definition) is 0. The molecule has 4 rings (SSSR count). The standard InChI is InChI=1S/C21H19N/c1-3-8-16(9-4-1)18-14-20(17-10-5-2-6-11-17)19-12-7-13-22-21(19)15-18/h1-13,18,20H,14-15H2/t18-,20-/m0/s1. The van der Waals surface area contributed by atoms with E-state index in [4.69, 9.17) is 0 Å². The van der Waals surface area contributed by atoms with Crippen LogP contribution in [0.15, 0.2) is 79.0 Å². The van der Waals surface area contributed by atoms with Crippen LogP contribution < -0.4 is 0 Å². The first kappa shape index (κ1) is 13.3. The highest BCUT2D eigenvalue weighted by atomic mass is 14.7. The topological polar surface area (TPSA) is 12.9 Å². The predicted octanol–water partition coefficient (Wildman–Crippen LogP) is 4.94. The van der Waals surface area contributed by atoms with Crippen LogP contribution in [-0.2, 0) is 6.42 Å². The van der Waals surface area contributed by atoms with Crippen molar-refractivity contribution in [3.63, 3.8) is 0 Å². The SMILES string of the molecule is c1ccc([C@@H]2Cc3ncccc3[C@H](c3ccccc3)C2)cc1. The summed E-state index contributed by atoms with van der Waals surface area (Å²) in [7, 11) is 0. The van der Waals surface area contributed by atoms with Gasteiger partial charge in [-0.1, -0.05) is 66.7 Å². The van der Waals surface area contributed by atoms with Gasteiger partial charge < -0.3 is 0 Å². The number of rotatable bonds is 2. The van der Waals surface area contributed by atoms with Crippen LogP contribution in [0.3, 0.4) is 0 Å². The Balaban J connectivity index is 1.77. The maximum Gasteiger partial charge on any atom is 0.0447 e. The molecule has 1 heterocycles. The number of fused-ring (bicyclic) bond motifs is 1. The molecule has 0 fully saturated rings. The quantitative estimate of drug-likeness (QED) is 0.649. The van der Waals surface area contributed by atoms with Crippen LogP contribution in [0.5, 0.6) is 0 Å². The number of aromatic nitrogens is 1. The van der Waals surface area contributed by atoms with Crippen LogP contribution in [0.4, 0.5) is 0 Å². The molecule has 22 heavy (non-hydrogen) atoms. The Labute approximate surface area is 131 Å². The van der Waals surface area contributed by atoms with Gasteiger partial charge >= 0.3 is 0 Å². The van der Waals surface area contributed by atoms with Crippen LogP contribution in [0.25, 0.3) is 0 Å². The molecule has 0 unspecified atom stereocenters. The summed E-state index contributed by atoms with van der Waals surface area (Å²) >= 11 is 0. The van der Waals surface area contributed by atoms with Crippen molar-refractivity contribution in [2.24, 2.45) is 0 Å². The Kier molecular flexibility index (Phi) is 3.48. The first-order valence-corrected chi connectivity index (χ1v) is 7.95. The molecule has 0 saturated carbocycles. The Morgan fingerprint density at radius 3 is 2.14 bits per heavy atom. The molecule has 0 radical (unpaired) electrons. The average molecular weight is 285 g/mol. The lowest BCUT2D eigenvalue weighted by molar-refractivity contribution is 0.526. The summed E-state index contributed by atoms with van der Waals surface area (Å²) in [6, 6.07) is 26.0. The van der Waals surface area contributed by atoms with Gasteiger partial charge in [-0.05, 0) is 41.5 Å². The van der Waals surface area contributed by atoms with Crippen molar-refractivity contribution in [1.29, 1.82) is 0 Å². The van der Waals surface area contributed by atoms with Crippen LogP contribution >= 0.6 is 0 Å². The van der Waals surface area contributed by atoms with Crippen molar-refractivity contribution >= 4 is 0 Å². The largest absolute Gasteiger partial charge is 0.261 e. The summed E-state index contributed by atoms with van der Waals surface area (Å²) in [6.07, 6.45) is 4.13.